The normalized spacial score (nSPS) is 33.1. The molecule has 2 unspecified atom stereocenters. The van der Waals surface area contributed by atoms with E-state index in [1.54, 1.807) is 10.8 Å². The molecule has 0 spiro atoms. The number of aryl methyl sites for hydroxylation is 1. The molecule has 4 fully saturated rings. The molecule has 4 bridgehead atoms. The van der Waals surface area contributed by atoms with Crippen LogP contribution in [0.25, 0.3) is 5.65 Å². The summed E-state index contributed by atoms with van der Waals surface area (Å²) in [6.45, 7) is 6.26. The molecule has 7 rings (SSSR count). The summed E-state index contributed by atoms with van der Waals surface area (Å²) < 4.78 is 1.80. The lowest BCUT2D eigenvalue weighted by atomic mass is 9.50. The lowest BCUT2D eigenvalue weighted by Crippen LogP contribution is -2.63. The first-order valence-corrected chi connectivity index (χ1v) is 10.7. The molecule has 4 saturated carbocycles. The minimum Gasteiger partial charge on any atom is -0.376 e. The Morgan fingerprint density at radius 1 is 1.10 bits per heavy atom. The van der Waals surface area contributed by atoms with E-state index in [1.807, 2.05) is 11.7 Å². The molecule has 4 aliphatic carbocycles. The molecule has 3 heterocycles. The number of rotatable bonds is 4. The van der Waals surface area contributed by atoms with Crippen molar-refractivity contribution < 1.29 is 0 Å². The number of aromatic nitrogens is 8. The minimum absolute atomic E-state index is 0.0176. The fraction of sp³-hybridized carbons (Fsp3) is 0.700. The lowest BCUT2D eigenvalue weighted by molar-refractivity contribution is -0.0633. The van der Waals surface area contributed by atoms with Gasteiger partial charge >= 0.3 is 0 Å². The van der Waals surface area contributed by atoms with Gasteiger partial charge in [0.1, 0.15) is 6.33 Å². The Labute approximate surface area is 169 Å². The van der Waals surface area contributed by atoms with E-state index in [4.69, 9.17) is 0 Å². The summed E-state index contributed by atoms with van der Waals surface area (Å²) in [5.74, 6) is 2.50. The van der Waals surface area contributed by atoms with Crippen LogP contribution in [0.1, 0.15) is 69.8 Å². The Morgan fingerprint density at radius 3 is 2.59 bits per heavy atom. The standard InChI is InChI=1S/C20H27N9/c1-12(2)16-5-17(18-24-21-11-28(18)26-16)22-19-6-14-4-15(7-19)9-20(8-14,10-19)29-25-13(3)23-27-29/h5,11-12,14-15,22H,4,6-10H2,1-3H3. The molecule has 9 heteroatoms. The second-order valence-corrected chi connectivity index (χ2v) is 9.95. The molecule has 29 heavy (non-hydrogen) atoms. The Bertz CT molecular complexity index is 1070. The molecular formula is C20H27N9. The van der Waals surface area contributed by atoms with Gasteiger partial charge in [-0.05, 0) is 74.5 Å². The van der Waals surface area contributed by atoms with Gasteiger partial charge in [-0.2, -0.15) is 14.4 Å². The zero-order valence-electron chi connectivity index (χ0n) is 17.2. The first-order chi connectivity index (χ1) is 13.9. The summed E-state index contributed by atoms with van der Waals surface area (Å²) in [4.78, 5) is 1.94. The third-order valence-corrected chi connectivity index (χ3v) is 7.25. The molecule has 3 aromatic heterocycles. The van der Waals surface area contributed by atoms with E-state index in [1.165, 1.54) is 19.3 Å². The van der Waals surface area contributed by atoms with Gasteiger partial charge in [0.15, 0.2) is 5.82 Å². The van der Waals surface area contributed by atoms with Crippen molar-refractivity contribution in [3.8, 4) is 0 Å². The van der Waals surface area contributed by atoms with Crippen molar-refractivity contribution in [2.45, 2.75) is 76.3 Å². The van der Waals surface area contributed by atoms with Crippen LogP contribution in [0.5, 0.6) is 0 Å². The first kappa shape index (κ1) is 17.3. The highest BCUT2D eigenvalue weighted by Crippen LogP contribution is 2.61. The van der Waals surface area contributed by atoms with Gasteiger partial charge in [-0.1, -0.05) is 13.8 Å². The van der Waals surface area contributed by atoms with Gasteiger partial charge in [-0.3, -0.25) is 0 Å². The van der Waals surface area contributed by atoms with E-state index in [2.05, 4.69) is 55.9 Å². The molecule has 1 N–H and O–H groups in total. The van der Waals surface area contributed by atoms with Gasteiger partial charge in [-0.15, -0.1) is 20.4 Å². The largest absolute Gasteiger partial charge is 0.376 e. The highest BCUT2D eigenvalue weighted by molar-refractivity contribution is 5.68. The average Bonchev–Trinajstić information content (AvgIpc) is 3.29. The van der Waals surface area contributed by atoms with Gasteiger partial charge in [0, 0.05) is 5.54 Å². The SMILES string of the molecule is Cc1nnn(C23CC4CC(CC(Nc5cc(C(C)C)nn6cnnc56)(C4)C2)C3)n1. The maximum atomic E-state index is 4.67. The van der Waals surface area contributed by atoms with Crippen molar-refractivity contribution in [1.29, 1.82) is 0 Å². The Kier molecular flexibility index (Phi) is 3.42. The molecule has 0 amide bonds. The van der Waals surface area contributed by atoms with Crippen LogP contribution in [0.3, 0.4) is 0 Å². The van der Waals surface area contributed by atoms with E-state index in [0.717, 1.165) is 42.1 Å². The first-order valence-electron chi connectivity index (χ1n) is 10.7. The van der Waals surface area contributed by atoms with Crippen LogP contribution < -0.4 is 5.32 Å². The molecule has 0 aliphatic heterocycles. The van der Waals surface area contributed by atoms with Crippen molar-refractivity contribution in [2.75, 3.05) is 5.32 Å². The van der Waals surface area contributed by atoms with E-state index in [9.17, 15) is 0 Å². The molecule has 3 aromatic rings. The molecule has 152 valence electrons. The molecule has 0 radical (unpaired) electrons. The van der Waals surface area contributed by atoms with E-state index < -0.39 is 0 Å². The van der Waals surface area contributed by atoms with E-state index in [-0.39, 0.29) is 11.1 Å². The van der Waals surface area contributed by atoms with Gasteiger partial charge in [-0.25, -0.2) is 0 Å². The number of hydrogen-bond donors (Lipinski definition) is 1. The van der Waals surface area contributed by atoms with Crippen LogP contribution in [0.15, 0.2) is 12.4 Å². The zero-order valence-corrected chi connectivity index (χ0v) is 17.2. The van der Waals surface area contributed by atoms with Crippen LogP contribution in [0.4, 0.5) is 5.69 Å². The van der Waals surface area contributed by atoms with Crippen molar-refractivity contribution in [1.82, 2.24) is 40.0 Å². The van der Waals surface area contributed by atoms with Gasteiger partial charge in [0.05, 0.1) is 16.9 Å². The molecule has 9 nitrogen and oxygen atoms in total. The average molecular weight is 393 g/mol. The van der Waals surface area contributed by atoms with Crippen molar-refractivity contribution in [2.24, 2.45) is 11.8 Å². The van der Waals surface area contributed by atoms with E-state index >= 15 is 0 Å². The number of nitrogens with zero attached hydrogens (tertiary/aromatic N) is 8. The maximum Gasteiger partial charge on any atom is 0.200 e. The summed E-state index contributed by atoms with van der Waals surface area (Å²) in [7, 11) is 0. The minimum atomic E-state index is -0.0176. The van der Waals surface area contributed by atoms with Gasteiger partial charge in [0.2, 0.25) is 5.65 Å². The number of fused-ring (bicyclic) bond motifs is 1. The summed E-state index contributed by atoms with van der Waals surface area (Å²) in [5.41, 5.74) is 2.91. The molecule has 4 aliphatic rings. The Balaban J connectivity index is 1.42. The second kappa shape index (κ2) is 5.73. The predicted octanol–water partition coefficient (Wildman–Crippen LogP) is 2.70. The lowest BCUT2D eigenvalue weighted by Gasteiger charge is -2.61. The van der Waals surface area contributed by atoms with Crippen LogP contribution in [-0.4, -0.2) is 45.6 Å². The monoisotopic (exact) mass is 393 g/mol. The molecule has 2 atom stereocenters. The third kappa shape index (κ3) is 2.59. The summed E-state index contributed by atoms with van der Waals surface area (Å²) in [6.07, 6.45) is 8.76. The van der Waals surface area contributed by atoms with Crippen LogP contribution in [0, 0.1) is 18.8 Å². The quantitative estimate of drug-likeness (QED) is 0.727. The summed E-state index contributed by atoms with van der Waals surface area (Å²) in [5, 5.41) is 30.3. The van der Waals surface area contributed by atoms with Gasteiger partial charge in [0.25, 0.3) is 0 Å². The maximum absolute atomic E-state index is 4.67. The topological polar surface area (TPSA) is 98.7 Å². The molecule has 0 saturated heterocycles. The fourth-order valence-corrected chi connectivity index (χ4v) is 6.59. The number of nitrogens with one attached hydrogen (secondary N) is 1. The zero-order chi connectivity index (χ0) is 19.8. The smallest absolute Gasteiger partial charge is 0.200 e. The molecular weight excluding hydrogens is 366 g/mol. The third-order valence-electron chi connectivity index (χ3n) is 7.25. The van der Waals surface area contributed by atoms with Crippen molar-refractivity contribution in [3.63, 3.8) is 0 Å². The second-order valence-electron chi connectivity index (χ2n) is 9.95. The van der Waals surface area contributed by atoms with E-state index in [0.29, 0.717) is 17.8 Å². The van der Waals surface area contributed by atoms with Gasteiger partial charge < -0.3 is 5.32 Å². The molecule has 0 aromatic carbocycles. The van der Waals surface area contributed by atoms with Crippen molar-refractivity contribution in [3.05, 3.63) is 23.9 Å². The highest BCUT2D eigenvalue weighted by atomic mass is 15.6. The summed E-state index contributed by atoms with van der Waals surface area (Å²) >= 11 is 0. The van der Waals surface area contributed by atoms with Crippen LogP contribution in [0.2, 0.25) is 0 Å². The number of anilines is 1. The number of tetrazole rings is 1. The highest BCUT2D eigenvalue weighted by Gasteiger charge is 2.60. The van der Waals surface area contributed by atoms with Crippen LogP contribution in [-0.2, 0) is 5.54 Å². The Hall–Kier alpha value is -2.58. The Morgan fingerprint density at radius 2 is 1.90 bits per heavy atom. The fourth-order valence-electron chi connectivity index (χ4n) is 6.59. The number of hydrogen-bond acceptors (Lipinski definition) is 7. The summed E-state index contributed by atoms with van der Waals surface area (Å²) in [6, 6.07) is 2.16. The predicted molar refractivity (Wildman–Crippen MR) is 106 cm³/mol. The van der Waals surface area contributed by atoms with Crippen molar-refractivity contribution >= 4 is 11.3 Å². The van der Waals surface area contributed by atoms with Crippen LogP contribution >= 0.6 is 0 Å².